The number of thiophene rings is 1. The topological polar surface area (TPSA) is 84.1 Å². The van der Waals surface area contributed by atoms with Crippen molar-refractivity contribution >= 4 is 38.9 Å². The zero-order chi connectivity index (χ0) is 17.9. The van der Waals surface area contributed by atoms with E-state index in [1.165, 1.54) is 10.4 Å². The molecule has 0 saturated carbocycles. The third kappa shape index (κ3) is 4.62. The molecule has 10 heteroatoms. The van der Waals surface area contributed by atoms with Crippen molar-refractivity contribution in [2.75, 3.05) is 32.7 Å². The highest BCUT2D eigenvalue weighted by molar-refractivity contribution is 7.91. The summed E-state index contributed by atoms with van der Waals surface area (Å²) >= 11 is 6.89. The van der Waals surface area contributed by atoms with Gasteiger partial charge >= 0.3 is 0 Å². The van der Waals surface area contributed by atoms with Crippen molar-refractivity contribution in [1.29, 1.82) is 0 Å². The molecule has 25 heavy (non-hydrogen) atoms. The Morgan fingerprint density at radius 3 is 2.68 bits per heavy atom. The predicted octanol–water partition coefficient (Wildman–Crippen LogP) is 0.200. The van der Waals surface area contributed by atoms with E-state index in [1.807, 2.05) is 0 Å². The summed E-state index contributed by atoms with van der Waals surface area (Å²) < 4.78 is 32.4. The van der Waals surface area contributed by atoms with Crippen molar-refractivity contribution in [2.45, 2.75) is 10.8 Å². The molecule has 0 bridgehead atoms. The van der Waals surface area contributed by atoms with Crippen LogP contribution in [0.25, 0.3) is 0 Å². The first-order valence-electron chi connectivity index (χ1n) is 7.83. The minimum absolute atomic E-state index is 0.0762. The van der Waals surface area contributed by atoms with Crippen molar-refractivity contribution < 1.29 is 22.5 Å². The number of halogens is 1. The lowest BCUT2D eigenvalue weighted by atomic mass is 10.3. The molecule has 7 nitrogen and oxygen atoms in total. The SMILES string of the molecule is O=C(C[NH+]1CCN(S(=O)(=O)c2ccc(Cl)s2)CC1)NCc1ccco1. The number of nitrogens with zero attached hydrogens (tertiary/aromatic N) is 1. The molecule has 0 unspecified atom stereocenters. The number of rotatable bonds is 6. The monoisotopic (exact) mass is 404 g/mol. The molecule has 1 saturated heterocycles. The normalized spacial score (nSPS) is 16.8. The van der Waals surface area contributed by atoms with Gasteiger partial charge in [0.1, 0.15) is 9.97 Å². The van der Waals surface area contributed by atoms with Crippen molar-refractivity contribution in [1.82, 2.24) is 9.62 Å². The molecule has 2 aromatic heterocycles. The largest absolute Gasteiger partial charge is 0.467 e. The van der Waals surface area contributed by atoms with Gasteiger partial charge in [-0.05, 0) is 24.3 Å². The number of carbonyl (C=O) groups is 1. The number of sulfonamides is 1. The molecular formula is C15H19ClN3O4S2+. The van der Waals surface area contributed by atoms with E-state index in [0.29, 0.717) is 49.4 Å². The third-order valence-electron chi connectivity index (χ3n) is 4.02. The Kier molecular flexibility index (Phi) is 5.80. The molecule has 0 aliphatic carbocycles. The number of amides is 1. The minimum atomic E-state index is -3.49. The van der Waals surface area contributed by atoms with Crippen LogP contribution in [0.2, 0.25) is 4.34 Å². The van der Waals surface area contributed by atoms with Crippen LogP contribution in [0.1, 0.15) is 5.76 Å². The molecule has 3 rings (SSSR count). The molecule has 1 amide bonds. The number of carbonyl (C=O) groups excluding carboxylic acids is 1. The van der Waals surface area contributed by atoms with Crippen LogP contribution in [0.4, 0.5) is 0 Å². The third-order valence-corrected chi connectivity index (χ3v) is 7.62. The van der Waals surface area contributed by atoms with Gasteiger partial charge in [0.2, 0.25) is 0 Å². The Hall–Kier alpha value is -1.39. The molecule has 136 valence electrons. The van der Waals surface area contributed by atoms with Crippen LogP contribution in [0.15, 0.2) is 39.2 Å². The van der Waals surface area contributed by atoms with Crippen LogP contribution < -0.4 is 10.2 Å². The Labute approximate surface area is 155 Å². The molecular weight excluding hydrogens is 386 g/mol. The van der Waals surface area contributed by atoms with E-state index < -0.39 is 10.0 Å². The highest BCUT2D eigenvalue weighted by Gasteiger charge is 2.32. The first kappa shape index (κ1) is 18.4. The standard InChI is InChI=1S/C15H18ClN3O4S2/c16-13-3-4-15(24-13)25(21,22)19-7-5-18(6-8-19)11-14(20)17-10-12-2-1-9-23-12/h1-4,9H,5-8,10-11H2,(H,17,20)/p+1. The maximum atomic E-state index is 12.5. The fourth-order valence-electron chi connectivity index (χ4n) is 2.67. The molecule has 0 spiro atoms. The first-order valence-corrected chi connectivity index (χ1v) is 10.5. The number of hydrogen-bond donors (Lipinski definition) is 2. The zero-order valence-corrected chi connectivity index (χ0v) is 15.8. The molecule has 0 atom stereocenters. The van der Waals surface area contributed by atoms with Crippen molar-refractivity contribution in [3.05, 3.63) is 40.6 Å². The molecule has 3 heterocycles. The number of nitrogens with one attached hydrogen (secondary N) is 2. The van der Waals surface area contributed by atoms with E-state index in [2.05, 4.69) is 5.32 Å². The summed E-state index contributed by atoms with van der Waals surface area (Å²) in [5.74, 6) is 0.626. The highest BCUT2D eigenvalue weighted by atomic mass is 35.5. The van der Waals surface area contributed by atoms with Gasteiger partial charge in [-0.1, -0.05) is 11.6 Å². The average molecular weight is 405 g/mol. The summed E-state index contributed by atoms with van der Waals surface area (Å²) in [6.45, 7) is 2.63. The summed E-state index contributed by atoms with van der Waals surface area (Å²) in [5.41, 5.74) is 0. The lowest BCUT2D eigenvalue weighted by Gasteiger charge is -2.30. The number of hydrogen-bond acceptors (Lipinski definition) is 5. The zero-order valence-electron chi connectivity index (χ0n) is 13.4. The van der Waals surface area contributed by atoms with Gasteiger partial charge in [0.15, 0.2) is 6.54 Å². The van der Waals surface area contributed by atoms with Crippen LogP contribution >= 0.6 is 22.9 Å². The number of piperazine rings is 1. The van der Waals surface area contributed by atoms with E-state index in [1.54, 1.807) is 24.5 Å². The Balaban J connectivity index is 1.47. The smallest absolute Gasteiger partial charge is 0.275 e. The van der Waals surface area contributed by atoms with Gasteiger partial charge in [-0.3, -0.25) is 4.79 Å². The summed E-state index contributed by atoms with van der Waals surface area (Å²) in [7, 11) is -3.49. The molecule has 0 radical (unpaired) electrons. The van der Waals surface area contributed by atoms with Crippen LogP contribution in [0.5, 0.6) is 0 Å². The Bertz CT molecular complexity index is 812. The molecule has 1 aliphatic heterocycles. The summed E-state index contributed by atoms with van der Waals surface area (Å²) in [4.78, 5) is 13.1. The van der Waals surface area contributed by atoms with E-state index in [4.69, 9.17) is 16.0 Å². The average Bonchev–Trinajstić information content (AvgIpc) is 3.25. The van der Waals surface area contributed by atoms with Crippen LogP contribution in [0, 0.1) is 0 Å². The second kappa shape index (κ2) is 7.88. The van der Waals surface area contributed by atoms with Crippen molar-refractivity contribution in [3.8, 4) is 0 Å². The van der Waals surface area contributed by atoms with E-state index in [-0.39, 0.29) is 10.1 Å². The van der Waals surface area contributed by atoms with Crippen molar-refractivity contribution in [2.24, 2.45) is 0 Å². The van der Waals surface area contributed by atoms with Gasteiger partial charge in [-0.15, -0.1) is 11.3 Å². The predicted molar refractivity (Wildman–Crippen MR) is 94.2 cm³/mol. The molecule has 2 aromatic rings. The second-order valence-corrected chi connectivity index (χ2v) is 9.63. The van der Waals surface area contributed by atoms with Gasteiger partial charge in [0.05, 0.1) is 43.3 Å². The number of quaternary nitrogens is 1. The fraction of sp³-hybridized carbons (Fsp3) is 0.400. The summed E-state index contributed by atoms with van der Waals surface area (Å²) in [6.07, 6.45) is 1.56. The lowest BCUT2D eigenvalue weighted by molar-refractivity contribution is -0.895. The Morgan fingerprint density at radius 1 is 1.32 bits per heavy atom. The maximum absolute atomic E-state index is 12.5. The molecule has 1 fully saturated rings. The highest BCUT2D eigenvalue weighted by Crippen LogP contribution is 2.27. The quantitative estimate of drug-likeness (QED) is 0.720. The molecule has 1 aliphatic rings. The van der Waals surface area contributed by atoms with E-state index >= 15 is 0 Å². The molecule has 2 N–H and O–H groups in total. The van der Waals surface area contributed by atoms with Gasteiger partial charge in [0.25, 0.3) is 15.9 Å². The van der Waals surface area contributed by atoms with E-state index in [0.717, 1.165) is 16.2 Å². The van der Waals surface area contributed by atoms with Gasteiger partial charge in [-0.2, -0.15) is 4.31 Å². The Morgan fingerprint density at radius 2 is 2.08 bits per heavy atom. The van der Waals surface area contributed by atoms with Crippen LogP contribution in [-0.4, -0.2) is 51.4 Å². The van der Waals surface area contributed by atoms with Gasteiger partial charge < -0.3 is 14.6 Å². The van der Waals surface area contributed by atoms with Crippen molar-refractivity contribution in [3.63, 3.8) is 0 Å². The summed E-state index contributed by atoms with van der Waals surface area (Å²) in [6, 6.07) is 6.69. The second-order valence-electron chi connectivity index (χ2n) is 5.75. The van der Waals surface area contributed by atoms with E-state index in [9.17, 15) is 13.2 Å². The van der Waals surface area contributed by atoms with Crippen LogP contribution in [0.3, 0.4) is 0 Å². The summed E-state index contributed by atoms with van der Waals surface area (Å²) in [5, 5.41) is 2.80. The molecule has 0 aromatic carbocycles. The maximum Gasteiger partial charge on any atom is 0.275 e. The van der Waals surface area contributed by atoms with Crippen LogP contribution in [-0.2, 0) is 21.4 Å². The first-order chi connectivity index (χ1) is 11.9. The van der Waals surface area contributed by atoms with Gasteiger partial charge in [-0.25, -0.2) is 8.42 Å². The number of furan rings is 1. The lowest BCUT2D eigenvalue weighted by Crippen LogP contribution is -3.15. The fourth-order valence-corrected chi connectivity index (χ4v) is 5.75. The minimum Gasteiger partial charge on any atom is -0.467 e. The van der Waals surface area contributed by atoms with Gasteiger partial charge in [0, 0.05) is 0 Å².